The standard InChI is InChI=1S/C25H33N9O4/c1-3-11-27-19(35)10-9-18(23(37)28-12-4-2)32-22(36)15-5-7-16(8-6-15)29-13-17-14-30-21-20(31-17)24(38)34-25(26)33-21/h5-8,14,18,29H,3-4,9-13H2,1-2H3,(H,27,35)(H,28,37)(H,32,36)(H3,26,30,33,34,38). The SMILES string of the molecule is CCCNC(=O)CCC(NC(=O)c1ccc(NCc2cnc3nc(N)[nH]c(=O)c3n2)cc1)C(=O)NCCC. The quantitative estimate of drug-likeness (QED) is 0.188. The highest BCUT2D eigenvalue weighted by atomic mass is 16.2. The van der Waals surface area contributed by atoms with Crippen molar-refractivity contribution in [1.82, 2.24) is 35.9 Å². The highest BCUT2D eigenvalue weighted by Gasteiger charge is 2.22. The minimum atomic E-state index is -0.835. The van der Waals surface area contributed by atoms with Crippen molar-refractivity contribution in [1.29, 1.82) is 0 Å². The number of aromatic nitrogens is 4. The molecule has 13 nitrogen and oxygen atoms in total. The molecule has 1 atom stereocenters. The summed E-state index contributed by atoms with van der Waals surface area (Å²) in [7, 11) is 0. The zero-order chi connectivity index (χ0) is 27.5. The molecule has 7 N–H and O–H groups in total. The maximum atomic E-state index is 12.8. The number of fused-ring (bicyclic) bond motifs is 1. The van der Waals surface area contributed by atoms with Crippen LogP contribution < -0.4 is 32.6 Å². The van der Waals surface area contributed by atoms with Gasteiger partial charge in [-0.15, -0.1) is 0 Å². The van der Waals surface area contributed by atoms with Crippen LogP contribution in [0.1, 0.15) is 55.6 Å². The maximum absolute atomic E-state index is 12.8. The van der Waals surface area contributed by atoms with Gasteiger partial charge in [-0.25, -0.2) is 9.97 Å². The molecule has 0 aliphatic heterocycles. The molecule has 0 saturated carbocycles. The Labute approximate surface area is 219 Å². The summed E-state index contributed by atoms with van der Waals surface area (Å²) >= 11 is 0. The van der Waals surface area contributed by atoms with E-state index in [-0.39, 0.29) is 48.3 Å². The van der Waals surface area contributed by atoms with Crippen LogP contribution in [0.2, 0.25) is 0 Å². The van der Waals surface area contributed by atoms with Crippen LogP contribution in [0, 0.1) is 0 Å². The van der Waals surface area contributed by atoms with E-state index in [1.165, 1.54) is 6.20 Å². The highest BCUT2D eigenvalue weighted by Crippen LogP contribution is 2.12. The minimum Gasteiger partial charge on any atom is -0.379 e. The number of anilines is 2. The van der Waals surface area contributed by atoms with Gasteiger partial charge in [0.1, 0.15) is 6.04 Å². The molecule has 0 bridgehead atoms. The third-order valence-corrected chi connectivity index (χ3v) is 5.51. The average molecular weight is 524 g/mol. The Bertz CT molecular complexity index is 1320. The molecule has 0 fully saturated rings. The summed E-state index contributed by atoms with van der Waals surface area (Å²) in [4.78, 5) is 64.2. The van der Waals surface area contributed by atoms with Gasteiger partial charge < -0.3 is 27.0 Å². The molecule has 2 heterocycles. The van der Waals surface area contributed by atoms with Crippen molar-refractivity contribution in [3.8, 4) is 0 Å². The molecule has 0 saturated heterocycles. The molecule has 1 aromatic carbocycles. The highest BCUT2D eigenvalue weighted by molar-refractivity contribution is 5.98. The molecule has 13 heteroatoms. The van der Waals surface area contributed by atoms with Crippen LogP contribution in [0.4, 0.5) is 11.6 Å². The third kappa shape index (κ3) is 7.98. The van der Waals surface area contributed by atoms with Gasteiger partial charge in [0.05, 0.1) is 18.4 Å². The second-order valence-electron chi connectivity index (χ2n) is 8.62. The van der Waals surface area contributed by atoms with Crippen molar-refractivity contribution in [2.45, 2.75) is 52.1 Å². The number of nitrogens with two attached hydrogens (primary N) is 1. The molecule has 3 aromatic rings. The van der Waals surface area contributed by atoms with Crippen molar-refractivity contribution in [3.63, 3.8) is 0 Å². The Morgan fingerprint density at radius 1 is 1.03 bits per heavy atom. The zero-order valence-electron chi connectivity index (χ0n) is 21.5. The number of amides is 3. The molecule has 3 rings (SSSR count). The smallest absolute Gasteiger partial charge is 0.280 e. The average Bonchev–Trinajstić information content (AvgIpc) is 2.91. The number of carbonyl (C=O) groups excluding carboxylic acids is 3. The zero-order valence-corrected chi connectivity index (χ0v) is 21.5. The van der Waals surface area contributed by atoms with Gasteiger partial charge in [0, 0.05) is 30.8 Å². The van der Waals surface area contributed by atoms with Gasteiger partial charge in [-0.05, 0) is 43.5 Å². The Hall–Kier alpha value is -4.55. The summed E-state index contributed by atoms with van der Waals surface area (Å²) in [6, 6.07) is 5.83. The summed E-state index contributed by atoms with van der Waals surface area (Å²) < 4.78 is 0. The van der Waals surface area contributed by atoms with Crippen molar-refractivity contribution in [2.75, 3.05) is 24.1 Å². The first-order chi connectivity index (χ1) is 18.3. The predicted octanol–water partition coefficient (Wildman–Crippen LogP) is 0.838. The summed E-state index contributed by atoms with van der Waals surface area (Å²) in [5.74, 6) is -0.938. The minimum absolute atomic E-state index is 0.0304. The number of nitrogens with zero attached hydrogens (tertiary/aromatic N) is 3. The van der Waals surface area contributed by atoms with Gasteiger partial charge in [0.25, 0.3) is 11.5 Å². The van der Waals surface area contributed by atoms with Gasteiger partial charge in [-0.2, -0.15) is 4.98 Å². The van der Waals surface area contributed by atoms with E-state index >= 15 is 0 Å². The lowest BCUT2D eigenvalue weighted by atomic mass is 10.1. The molecule has 0 radical (unpaired) electrons. The van der Waals surface area contributed by atoms with Crippen LogP contribution in [0.25, 0.3) is 11.2 Å². The van der Waals surface area contributed by atoms with E-state index in [1.807, 2.05) is 13.8 Å². The third-order valence-electron chi connectivity index (χ3n) is 5.51. The molecule has 202 valence electrons. The first-order valence-electron chi connectivity index (χ1n) is 12.5. The number of benzene rings is 1. The van der Waals surface area contributed by atoms with Gasteiger partial charge in [-0.1, -0.05) is 13.8 Å². The second kappa shape index (κ2) is 13.7. The van der Waals surface area contributed by atoms with Crippen LogP contribution in [0.15, 0.2) is 35.3 Å². The molecular weight excluding hydrogens is 490 g/mol. The van der Waals surface area contributed by atoms with Crippen molar-refractivity contribution < 1.29 is 14.4 Å². The first kappa shape index (κ1) is 28.0. The Morgan fingerprint density at radius 3 is 2.45 bits per heavy atom. The number of aromatic amines is 1. The van der Waals surface area contributed by atoms with Crippen LogP contribution in [-0.4, -0.2) is 56.8 Å². The Kier molecular flexibility index (Phi) is 10.1. The van der Waals surface area contributed by atoms with Gasteiger partial charge in [-0.3, -0.25) is 24.2 Å². The number of hydrogen-bond donors (Lipinski definition) is 6. The predicted molar refractivity (Wildman–Crippen MR) is 143 cm³/mol. The topological polar surface area (TPSA) is 197 Å². The fourth-order valence-corrected chi connectivity index (χ4v) is 3.50. The number of nitrogen functional groups attached to an aromatic ring is 1. The van der Waals surface area contributed by atoms with E-state index < -0.39 is 17.5 Å². The van der Waals surface area contributed by atoms with Crippen LogP contribution in [-0.2, 0) is 16.1 Å². The number of H-pyrrole nitrogens is 1. The normalized spacial score (nSPS) is 11.5. The molecule has 0 spiro atoms. The molecular formula is C25H33N9O4. The monoisotopic (exact) mass is 523 g/mol. The number of hydrogen-bond acceptors (Lipinski definition) is 9. The summed E-state index contributed by atoms with van der Waals surface area (Å²) in [6.07, 6.45) is 3.38. The second-order valence-corrected chi connectivity index (χ2v) is 8.62. The molecule has 2 aromatic heterocycles. The molecule has 0 aliphatic rings. The number of rotatable bonds is 13. The Balaban J connectivity index is 1.60. The van der Waals surface area contributed by atoms with E-state index in [2.05, 4.69) is 41.2 Å². The number of nitrogens with one attached hydrogen (secondary N) is 5. The van der Waals surface area contributed by atoms with Gasteiger partial charge >= 0.3 is 0 Å². The van der Waals surface area contributed by atoms with Crippen LogP contribution in [0.5, 0.6) is 0 Å². The van der Waals surface area contributed by atoms with E-state index in [9.17, 15) is 19.2 Å². The summed E-state index contributed by atoms with van der Waals surface area (Å²) in [5, 5.41) is 11.4. The molecule has 1 unspecified atom stereocenters. The van der Waals surface area contributed by atoms with E-state index in [4.69, 9.17) is 5.73 Å². The fraction of sp³-hybridized carbons (Fsp3) is 0.400. The first-order valence-corrected chi connectivity index (χ1v) is 12.5. The molecule has 38 heavy (non-hydrogen) atoms. The van der Waals surface area contributed by atoms with Crippen molar-refractivity contribution in [3.05, 3.63) is 52.1 Å². The van der Waals surface area contributed by atoms with Crippen molar-refractivity contribution in [2.24, 2.45) is 0 Å². The number of carbonyl (C=O) groups is 3. The maximum Gasteiger partial charge on any atom is 0.280 e. The van der Waals surface area contributed by atoms with E-state index in [1.54, 1.807) is 24.3 Å². The van der Waals surface area contributed by atoms with Crippen LogP contribution in [0.3, 0.4) is 0 Å². The summed E-state index contributed by atoms with van der Waals surface area (Å²) in [6.45, 7) is 5.21. The van der Waals surface area contributed by atoms with E-state index in [0.29, 0.717) is 30.0 Å². The fourth-order valence-electron chi connectivity index (χ4n) is 3.50. The molecule has 3 amide bonds. The lowest BCUT2D eigenvalue weighted by Crippen LogP contribution is -2.47. The van der Waals surface area contributed by atoms with Gasteiger partial charge in [0.15, 0.2) is 11.2 Å². The molecule has 0 aliphatic carbocycles. The van der Waals surface area contributed by atoms with Crippen LogP contribution >= 0.6 is 0 Å². The Morgan fingerprint density at radius 2 is 1.74 bits per heavy atom. The largest absolute Gasteiger partial charge is 0.379 e. The van der Waals surface area contributed by atoms with Gasteiger partial charge in [0.2, 0.25) is 17.8 Å². The lowest BCUT2D eigenvalue weighted by Gasteiger charge is -2.18. The van der Waals surface area contributed by atoms with Crippen molar-refractivity contribution >= 4 is 40.5 Å². The van der Waals surface area contributed by atoms with E-state index in [0.717, 1.165) is 12.8 Å². The lowest BCUT2D eigenvalue weighted by molar-refractivity contribution is -0.124. The summed E-state index contributed by atoms with van der Waals surface area (Å²) in [5.41, 5.74) is 6.88.